The fraction of sp³-hybridized carbons (Fsp3) is 0.400. The van der Waals surface area contributed by atoms with Crippen LogP contribution in [-0.2, 0) is 4.79 Å². The Balaban J connectivity index is 1.58. The van der Waals surface area contributed by atoms with Crippen LogP contribution in [0.4, 0.5) is 5.69 Å². The van der Waals surface area contributed by atoms with Crippen molar-refractivity contribution in [1.29, 1.82) is 0 Å². The molecule has 0 spiro atoms. The third-order valence-corrected chi connectivity index (χ3v) is 3.86. The first-order valence-corrected chi connectivity index (χ1v) is 7.19. The van der Waals surface area contributed by atoms with Gasteiger partial charge in [-0.1, -0.05) is 0 Å². The zero-order valence-electron chi connectivity index (χ0n) is 12.1. The molecule has 0 aliphatic carbocycles. The van der Waals surface area contributed by atoms with Crippen LogP contribution in [0.5, 0.6) is 0 Å². The maximum Gasteiger partial charge on any atom is 0.219 e. The minimum absolute atomic E-state index is 0.172. The normalized spacial score (nSPS) is 16.0. The average molecular weight is 285 g/mol. The molecule has 1 aromatic carbocycles. The van der Waals surface area contributed by atoms with Crippen molar-refractivity contribution in [1.82, 2.24) is 19.7 Å². The molecule has 1 amide bonds. The van der Waals surface area contributed by atoms with Crippen LogP contribution in [0.25, 0.3) is 5.69 Å². The van der Waals surface area contributed by atoms with Crippen molar-refractivity contribution >= 4 is 11.6 Å². The fourth-order valence-corrected chi connectivity index (χ4v) is 2.63. The average Bonchev–Trinajstić information content (AvgIpc) is 3.03. The molecule has 2 aromatic rings. The van der Waals surface area contributed by atoms with E-state index in [1.807, 2.05) is 29.2 Å². The standard InChI is InChI=1S/C15H19N5O/c1-12(21)19-8-6-14(7-9-19)18-13-2-4-15(5-3-13)20-11-16-10-17-20/h2-5,10-11,14,18H,6-9H2,1H3. The Kier molecular flexibility index (Phi) is 3.85. The van der Waals surface area contributed by atoms with E-state index in [-0.39, 0.29) is 5.91 Å². The summed E-state index contributed by atoms with van der Waals surface area (Å²) in [6.07, 6.45) is 5.18. The molecular weight excluding hydrogens is 266 g/mol. The predicted molar refractivity (Wildman–Crippen MR) is 80.3 cm³/mol. The number of nitrogens with one attached hydrogen (secondary N) is 1. The quantitative estimate of drug-likeness (QED) is 0.932. The highest BCUT2D eigenvalue weighted by molar-refractivity contribution is 5.73. The summed E-state index contributed by atoms with van der Waals surface area (Å²) in [5.74, 6) is 0.172. The van der Waals surface area contributed by atoms with Gasteiger partial charge in [-0.2, -0.15) is 5.10 Å². The molecule has 0 saturated carbocycles. The van der Waals surface area contributed by atoms with Gasteiger partial charge in [-0.25, -0.2) is 9.67 Å². The largest absolute Gasteiger partial charge is 0.382 e. The first-order chi connectivity index (χ1) is 10.2. The Bertz CT molecular complexity index is 585. The lowest BCUT2D eigenvalue weighted by atomic mass is 10.0. The number of piperidine rings is 1. The molecule has 1 saturated heterocycles. The van der Waals surface area contributed by atoms with Crippen LogP contribution in [0.1, 0.15) is 19.8 Å². The van der Waals surface area contributed by atoms with Crippen LogP contribution in [0.15, 0.2) is 36.9 Å². The highest BCUT2D eigenvalue weighted by Crippen LogP contribution is 2.18. The van der Waals surface area contributed by atoms with E-state index in [1.54, 1.807) is 17.9 Å². The molecule has 1 N–H and O–H groups in total. The van der Waals surface area contributed by atoms with E-state index >= 15 is 0 Å². The molecule has 1 aromatic heterocycles. The second-order valence-corrected chi connectivity index (χ2v) is 5.31. The first-order valence-electron chi connectivity index (χ1n) is 7.19. The summed E-state index contributed by atoms with van der Waals surface area (Å²) >= 11 is 0. The van der Waals surface area contributed by atoms with Gasteiger partial charge in [-0.3, -0.25) is 4.79 Å². The second kappa shape index (κ2) is 5.95. The highest BCUT2D eigenvalue weighted by atomic mass is 16.2. The van der Waals surface area contributed by atoms with Crippen molar-refractivity contribution in [2.24, 2.45) is 0 Å². The van der Waals surface area contributed by atoms with Crippen LogP contribution in [0.3, 0.4) is 0 Å². The maximum absolute atomic E-state index is 11.3. The highest BCUT2D eigenvalue weighted by Gasteiger charge is 2.20. The van der Waals surface area contributed by atoms with Crippen LogP contribution >= 0.6 is 0 Å². The summed E-state index contributed by atoms with van der Waals surface area (Å²) in [6, 6.07) is 8.56. The SMILES string of the molecule is CC(=O)N1CCC(Nc2ccc(-n3cncn3)cc2)CC1. The second-order valence-electron chi connectivity index (χ2n) is 5.31. The zero-order valence-corrected chi connectivity index (χ0v) is 12.1. The third kappa shape index (κ3) is 3.21. The molecule has 1 aliphatic heterocycles. The van der Waals surface area contributed by atoms with Gasteiger partial charge in [-0.15, -0.1) is 0 Å². The Hall–Kier alpha value is -2.37. The molecular formula is C15H19N5O. The van der Waals surface area contributed by atoms with Crippen molar-refractivity contribution in [2.75, 3.05) is 18.4 Å². The summed E-state index contributed by atoms with van der Waals surface area (Å²) in [5.41, 5.74) is 2.09. The number of hydrogen-bond acceptors (Lipinski definition) is 4. The topological polar surface area (TPSA) is 63.1 Å². The number of nitrogens with zero attached hydrogens (tertiary/aromatic N) is 4. The van der Waals surface area contributed by atoms with E-state index in [0.717, 1.165) is 37.3 Å². The van der Waals surface area contributed by atoms with Crippen molar-refractivity contribution in [3.63, 3.8) is 0 Å². The zero-order chi connectivity index (χ0) is 14.7. The molecule has 6 heteroatoms. The van der Waals surface area contributed by atoms with Gasteiger partial charge < -0.3 is 10.2 Å². The molecule has 3 rings (SSSR count). The van der Waals surface area contributed by atoms with Gasteiger partial charge >= 0.3 is 0 Å². The number of anilines is 1. The van der Waals surface area contributed by atoms with Gasteiger partial charge in [0.2, 0.25) is 5.91 Å². The number of carbonyl (C=O) groups excluding carboxylic acids is 1. The Morgan fingerprint density at radius 2 is 1.95 bits per heavy atom. The molecule has 110 valence electrons. The van der Waals surface area contributed by atoms with Gasteiger partial charge in [0.25, 0.3) is 0 Å². The van der Waals surface area contributed by atoms with E-state index < -0.39 is 0 Å². The molecule has 0 unspecified atom stereocenters. The number of likely N-dealkylation sites (tertiary alicyclic amines) is 1. The summed E-state index contributed by atoms with van der Waals surface area (Å²) in [4.78, 5) is 17.2. The maximum atomic E-state index is 11.3. The van der Waals surface area contributed by atoms with Crippen molar-refractivity contribution in [3.05, 3.63) is 36.9 Å². The summed E-state index contributed by atoms with van der Waals surface area (Å²) in [7, 11) is 0. The lowest BCUT2D eigenvalue weighted by Gasteiger charge is -2.32. The monoisotopic (exact) mass is 285 g/mol. The molecule has 2 heterocycles. The molecule has 1 aliphatic rings. The number of aromatic nitrogens is 3. The van der Waals surface area contributed by atoms with Crippen molar-refractivity contribution < 1.29 is 4.79 Å². The summed E-state index contributed by atoms with van der Waals surface area (Å²) in [5, 5.41) is 7.63. The minimum Gasteiger partial charge on any atom is -0.382 e. The number of amides is 1. The summed E-state index contributed by atoms with van der Waals surface area (Å²) < 4.78 is 1.73. The lowest BCUT2D eigenvalue weighted by molar-refractivity contribution is -0.129. The van der Waals surface area contributed by atoms with E-state index in [0.29, 0.717) is 6.04 Å². The Morgan fingerprint density at radius 3 is 2.52 bits per heavy atom. The van der Waals surface area contributed by atoms with Crippen LogP contribution < -0.4 is 5.32 Å². The molecule has 21 heavy (non-hydrogen) atoms. The number of benzene rings is 1. The lowest BCUT2D eigenvalue weighted by Crippen LogP contribution is -2.41. The van der Waals surface area contributed by atoms with E-state index in [2.05, 4.69) is 15.4 Å². The smallest absolute Gasteiger partial charge is 0.219 e. The van der Waals surface area contributed by atoms with Crippen LogP contribution in [0, 0.1) is 0 Å². The Morgan fingerprint density at radius 1 is 1.24 bits per heavy atom. The van der Waals surface area contributed by atoms with Gasteiger partial charge in [0.1, 0.15) is 12.7 Å². The number of hydrogen-bond donors (Lipinski definition) is 1. The number of rotatable bonds is 3. The van der Waals surface area contributed by atoms with E-state index in [9.17, 15) is 4.79 Å². The molecule has 0 bridgehead atoms. The summed E-state index contributed by atoms with van der Waals surface area (Å²) in [6.45, 7) is 3.31. The Labute approximate surface area is 123 Å². The van der Waals surface area contributed by atoms with Gasteiger partial charge in [-0.05, 0) is 37.1 Å². The first kappa shape index (κ1) is 13.6. The van der Waals surface area contributed by atoms with Gasteiger partial charge in [0.15, 0.2) is 0 Å². The van der Waals surface area contributed by atoms with Gasteiger partial charge in [0.05, 0.1) is 5.69 Å². The van der Waals surface area contributed by atoms with Crippen LogP contribution in [-0.4, -0.2) is 44.7 Å². The van der Waals surface area contributed by atoms with E-state index in [4.69, 9.17) is 0 Å². The minimum atomic E-state index is 0.172. The molecule has 6 nitrogen and oxygen atoms in total. The van der Waals surface area contributed by atoms with Crippen molar-refractivity contribution in [2.45, 2.75) is 25.8 Å². The van der Waals surface area contributed by atoms with Crippen LogP contribution in [0.2, 0.25) is 0 Å². The van der Waals surface area contributed by atoms with Crippen molar-refractivity contribution in [3.8, 4) is 5.69 Å². The van der Waals surface area contributed by atoms with Gasteiger partial charge in [0, 0.05) is 31.7 Å². The van der Waals surface area contributed by atoms with E-state index in [1.165, 1.54) is 6.33 Å². The molecule has 0 radical (unpaired) electrons. The molecule has 0 atom stereocenters. The molecule has 1 fully saturated rings. The third-order valence-electron chi connectivity index (χ3n) is 3.86. The predicted octanol–water partition coefficient (Wildman–Crippen LogP) is 1.69. The fourth-order valence-electron chi connectivity index (χ4n) is 2.63. The number of carbonyl (C=O) groups is 1.